The van der Waals surface area contributed by atoms with Crippen LogP contribution >= 0.6 is 0 Å². The number of hydrogen-bond acceptors (Lipinski definition) is 3. The average Bonchev–Trinajstić information content (AvgIpc) is 2.25. The van der Waals surface area contributed by atoms with Crippen LogP contribution in [0.25, 0.3) is 0 Å². The summed E-state index contributed by atoms with van der Waals surface area (Å²) in [6.07, 6.45) is 3.05. The van der Waals surface area contributed by atoms with Crippen LogP contribution in [-0.4, -0.2) is 28.6 Å². The lowest BCUT2D eigenvalue weighted by Gasteiger charge is -2.30. The molecule has 0 atom stereocenters. The van der Waals surface area contributed by atoms with Gasteiger partial charge in [0.2, 0.25) is 0 Å². The molecule has 0 fully saturated rings. The monoisotopic (exact) mass is 222 g/mol. The van der Waals surface area contributed by atoms with Crippen molar-refractivity contribution in [3.8, 4) is 0 Å². The van der Waals surface area contributed by atoms with Crippen LogP contribution in [-0.2, 0) is 11.3 Å². The maximum atomic E-state index is 11.6. The van der Waals surface area contributed by atoms with Gasteiger partial charge in [0.1, 0.15) is 6.61 Å². The van der Waals surface area contributed by atoms with E-state index in [1.165, 1.54) is 0 Å². The van der Waals surface area contributed by atoms with Gasteiger partial charge in [-0.3, -0.25) is 4.98 Å². The molecule has 16 heavy (non-hydrogen) atoms. The van der Waals surface area contributed by atoms with Gasteiger partial charge in [-0.1, -0.05) is 6.07 Å². The average molecular weight is 222 g/mol. The Kier molecular flexibility index (Phi) is 3.88. The first-order valence-electron chi connectivity index (χ1n) is 5.21. The molecule has 1 amide bonds. The van der Waals surface area contributed by atoms with Crippen LogP contribution in [0.4, 0.5) is 4.79 Å². The Morgan fingerprint density at radius 1 is 1.50 bits per heavy atom. The summed E-state index contributed by atoms with van der Waals surface area (Å²) >= 11 is 0. The maximum absolute atomic E-state index is 11.6. The summed E-state index contributed by atoms with van der Waals surface area (Å²) in [4.78, 5) is 17.2. The van der Waals surface area contributed by atoms with Crippen LogP contribution in [0.15, 0.2) is 24.5 Å². The van der Waals surface area contributed by atoms with E-state index in [1.54, 1.807) is 24.3 Å². The van der Waals surface area contributed by atoms with Gasteiger partial charge in [-0.25, -0.2) is 4.79 Å². The number of carbonyl (C=O) groups excluding carboxylic acids is 1. The summed E-state index contributed by atoms with van der Waals surface area (Å²) in [5.41, 5.74) is 0.657. The minimum atomic E-state index is -0.323. The zero-order valence-corrected chi connectivity index (χ0v) is 10.2. The highest BCUT2D eigenvalue weighted by atomic mass is 16.6. The smallest absolute Gasteiger partial charge is 0.410 e. The van der Waals surface area contributed by atoms with Crippen LogP contribution in [0, 0.1) is 0 Å². The first-order chi connectivity index (χ1) is 7.41. The fourth-order valence-electron chi connectivity index (χ4n) is 0.999. The van der Waals surface area contributed by atoms with Crippen molar-refractivity contribution >= 4 is 6.09 Å². The van der Waals surface area contributed by atoms with Gasteiger partial charge in [-0.05, 0) is 26.8 Å². The van der Waals surface area contributed by atoms with E-state index in [9.17, 15) is 4.79 Å². The predicted octanol–water partition coefficient (Wildman–Crippen LogP) is 2.45. The van der Waals surface area contributed by atoms with Gasteiger partial charge in [-0.2, -0.15) is 0 Å². The highest BCUT2D eigenvalue weighted by Gasteiger charge is 2.23. The topological polar surface area (TPSA) is 42.4 Å². The Labute approximate surface area is 96.2 Å². The van der Waals surface area contributed by atoms with E-state index >= 15 is 0 Å². The van der Waals surface area contributed by atoms with Crippen molar-refractivity contribution in [2.75, 3.05) is 7.05 Å². The second-order valence-corrected chi connectivity index (χ2v) is 4.65. The van der Waals surface area contributed by atoms with Crippen LogP contribution in [0.3, 0.4) is 0 Å². The van der Waals surface area contributed by atoms with Gasteiger partial charge in [0, 0.05) is 30.5 Å². The highest BCUT2D eigenvalue weighted by molar-refractivity contribution is 5.68. The molecule has 0 aliphatic carbocycles. The molecule has 1 rings (SSSR count). The molecule has 4 heteroatoms. The third-order valence-electron chi connectivity index (χ3n) is 2.37. The predicted molar refractivity (Wildman–Crippen MR) is 61.9 cm³/mol. The molecule has 0 aromatic carbocycles. The number of nitrogens with zero attached hydrogens (tertiary/aromatic N) is 2. The third-order valence-corrected chi connectivity index (χ3v) is 2.37. The minimum absolute atomic E-state index is 0.230. The van der Waals surface area contributed by atoms with E-state index < -0.39 is 0 Å². The Morgan fingerprint density at radius 3 is 2.69 bits per heavy atom. The van der Waals surface area contributed by atoms with Crippen LogP contribution < -0.4 is 0 Å². The first-order valence-corrected chi connectivity index (χ1v) is 5.21. The van der Waals surface area contributed by atoms with E-state index in [0.29, 0.717) is 0 Å². The van der Waals surface area contributed by atoms with Gasteiger partial charge >= 0.3 is 6.09 Å². The summed E-state index contributed by atoms with van der Waals surface area (Å²) in [5.74, 6) is 0. The normalized spacial score (nSPS) is 11.0. The number of pyridine rings is 1. The number of rotatable bonds is 2. The standard InChI is InChI=1S/C12H18N2O2/c1-12(2,3)14(4)11(15)16-9-10-6-5-7-13-8-10/h5-8H,9H2,1-4H3. The number of aromatic nitrogens is 1. The zero-order chi connectivity index (χ0) is 12.2. The Balaban J connectivity index is 2.48. The van der Waals surface area contributed by atoms with Crippen molar-refractivity contribution in [1.82, 2.24) is 9.88 Å². The quantitative estimate of drug-likeness (QED) is 0.771. The molecular formula is C12H18N2O2. The molecular weight excluding hydrogens is 204 g/mol. The molecule has 0 saturated heterocycles. The van der Waals surface area contributed by atoms with Gasteiger partial charge in [0.25, 0.3) is 0 Å². The number of hydrogen-bond donors (Lipinski definition) is 0. The molecule has 0 saturated carbocycles. The van der Waals surface area contributed by atoms with Crippen LogP contribution in [0.2, 0.25) is 0 Å². The van der Waals surface area contributed by atoms with Crippen molar-refractivity contribution in [2.45, 2.75) is 32.9 Å². The Morgan fingerprint density at radius 2 is 2.19 bits per heavy atom. The van der Waals surface area contributed by atoms with E-state index in [-0.39, 0.29) is 18.2 Å². The first kappa shape index (κ1) is 12.5. The van der Waals surface area contributed by atoms with Crippen molar-refractivity contribution < 1.29 is 9.53 Å². The summed E-state index contributed by atoms with van der Waals surface area (Å²) in [7, 11) is 1.73. The van der Waals surface area contributed by atoms with Gasteiger partial charge in [0.15, 0.2) is 0 Å². The number of amides is 1. The maximum Gasteiger partial charge on any atom is 0.410 e. The fraction of sp³-hybridized carbons (Fsp3) is 0.500. The van der Waals surface area contributed by atoms with Gasteiger partial charge < -0.3 is 9.64 Å². The second-order valence-electron chi connectivity index (χ2n) is 4.65. The fourth-order valence-corrected chi connectivity index (χ4v) is 0.999. The molecule has 1 heterocycles. The van der Waals surface area contributed by atoms with Gasteiger partial charge in [-0.15, -0.1) is 0 Å². The van der Waals surface area contributed by atoms with E-state index in [1.807, 2.05) is 32.9 Å². The zero-order valence-electron chi connectivity index (χ0n) is 10.2. The molecule has 0 aliphatic rings. The van der Waals surface area contributed by atoms with E-state index in [4.69, 9.17) is 4.74 Å². The van der Waals surface area contributed by atoms with Crippen LogP contribution in [0.5, 0.6) is 0 Å². The van der Waals surface area contributed by atoms with Crippen molar-refractivity contribution in [3.63, 3.8) is 0 Å². The van der Waals surface area contributed by atoms with Crippen molar-refractivity contribution in [3.05, 3.63) is 30.1 Å². The lowest BCUT2D eigenvalue weighted by Crippen LogP contribution is -2.42. The molecule has 1 aromatic rings. The van der Waals surface area contributed by atoms with E-state index in [2.05, 4.69) is 4.98 Å². The largest absolute Gasteiger partial charge is 0.444 e. The molecule has 0 spiro atoms. The van der Waals surface area contributed by atoms with Crippen molar-refractivity contribution in [1.29, 1.82) is 0 Å². The summed E-state index contributed by atoms with van der Waals surface area (Å²) in [6.45, 7) is 6.13. The summed E-state index contributed by atoms with van der Waals surface area (Å²) in [6, 6.07) is 3.69. The second kappa shape index (κ2) is 4.96. The molecule has 0 unspecified atom stereocenters. The Hall–Kier alpha value is -1.58. The number of ether oxygens (including phenoxy) is 1. The lowest BCUT2D eigenvalue weighted by atomic mass is 10.1. The molecule has 4 nitrogen and oxygen atoms in total. The molecule has 0 aliphatic heterocycles. The SMILES string of the molecule is CN(C(=O)OCc1cccnc1)C(C)(C)C. The molecule has 1 aromatic heterocycles. The summed E-state index contributed by atoms with van der Waals surface area (Å²) < 4.78 is 5.16. The highest BCUT2D eigenvalue weighted by Crippen LogP contribution is 2.12. The molecule has 0 radical (unpaired) electrons. The van der Waals surface area contributed by atoms with Gasteiger partial charge in [0.05, 0.1) is 0 Å². The lowest BCUT2D eigenvalue weighted by molar-refractivity contribution is 0.0759. The minimum Gasteiger partial charge on any atom is -0.444 e. The summed E-state index contributed by atoms with van der Waals surface area (Å²) in [5, 5.41) is 0. The Bertz CT molecular complexity index is 344. The molecule has 0 N–H and O–H groups in total. The molecule has 0 bridgehead atoms. The number of carbonyl (C=O) groups is 1. The molecule has 88 valence electrons. The van der Waals surface area contributed by atoms with Crippen LogP contribution in [0.1, 0.15) is 26.3 Å². The third kappa shape index (κ3) is 3.53. The van der Waals surface area contributed by atoms with Crippen molar-refractivity contribution in [2.24, 2.45) is 0 Å². The van der Waals surface area contributed by atoms with E-state index in [0.717, 1.165) is 5.56 Å².